The number of aliphatic imine (C=N–C) groups is 1. The fourth-order valence-corrected chi connectivity index (χ4v) is 4.08. The van der Waals surface area contributed by atoms with Gasteiger partial charge in [-0.1, -0.05) is 48.2 Å². The van der Waals surface area contributed by atoms with Crippen LogP contribution in [0, 0.1) is 5.82 Å². The zero-order valence-electron chi connectivity index (χ0n) is 15.9. The molecule has 0 aromatic heterocycles. The lowest BCUT2D eigenvalue weighted by atomic mass is 10.3. The number of benzene rings is 3. The minimum atomic E-state index is -0.624. The molecule has 3 aromatic rings. The number of nitrogens with zero attached hydrogens (tertiary/aromatic N) is 2. The Labute approximate surface area is 177 Å². The van der Waals surface area contributed by atoms with Gasteiger partial charge in [-0.3, -0.25) is 9.59 Å². The van der Waals surface area contributed by atoms with Gasteiger partial charge in [-0.15, -0.1) is 0 Å². The normalized spacial score (nSPS) is 16.8. The minimum absolute atomic E-state index is 0.0468. The van der Waals surface area contributed by atoms with Crippen LogP contribution in [0.2, 0.25) is 0 Å². The molecule has 1 heterocycles. The smallest absolute Gasteiger partial charge is 0.247 e. The van der Waals surface area contributed by atoms with Crippen LogP contribution < -0.4 is 10.2 Å². The molecule has 1 N–H and O–H groups in total. The Bertz CT molecular complexity index is 1070. The molecule has 1 fully saturated rings. The van der Waals surface area contributed by atoms with Gasteiger partial charge in [0.2, 0.25) is 11.8 Å². The van der Waals surface area contributed by atoms with Gasteiger partial charge >= 0.3 is 0 Å². The van der Waals surface area contributed by atoms with Crippen LogP contribution in [0.25, 0.3) is 0 Å². The number of thioether (sulfide) groups is 1. The average Bonchev–Trinajstić information content (AvgIpc) is 3.03. The molecule has 0 aliphatic carbocycles. The third-order valence-corrected chi connectivity index (χ3v) is 5.53. The van der Waals surface area contributed by atoms with Crippen LogP contribution in [0.4, 0.5) is 21.5 Å². The molecule has 1 atom stereocenters. The number of hydrogen-bond acceptors (Lipinski definition) is 4. The number of rotatable bonds is 4. The number of imide groups is 1. The summed E-state index contributed by atoms with van der Waals surface area (Å²) in [7, 11) is 0. The summed E-state index contributed by atoms with van der Waals surface area (Å²) >= 11 is 1.21. The van der Waals surface area contributed by atoms with Gasteiger partial charge in [-0.05, 0) is 48.5 Å². The number of para-hydroxylation sites is 2. The van der Waals surface area contributed by atoms with Crippen molar-refractivity contribution in [2.45, 2.75) is 11.7 Å². The van der Waals surface area contributed by atoms with E-state index in [1.165, 1.54) is 36.0 Å². The first kappa shape index (κ1) is 19.8. The van der Waals surface area contributed by atoms with E-state index in [4.69, 9.17) is 0 Å². The third kappa shape index (κ3) is 4.58. The van der Waals surface area contributed by atoms with E-state index in [1.54, 1.807) is 0 Å². The predicted octanol–water partition coefficient (Wildman–Crippen LogP) is 4.99. The molecule has 3 aromatic carbocycles. The molecule has 1 unspecified atom stereocenters. The first-order valence-corrected chi connectivity index (χ1v) is 10.2. The number of carbonyl (C=O) groups excluding carboxylic acids is 2. The van der Waals surface area contributed by atoms with E-state index >= 15 is 0 Å². The number of nitrogens with one attached hydrogen (secondary N) is 1. The largest absolute Gasteiger partial charge is 0.335 e. The van der Waals surface area contributed by atoms with Crippen molar-refractivity contribution < 1.29 is 14.0 Å². The molecule has 2 amide bonds. The average molecular weight is 419 g/mol. The molecule has 30 heavy (non-hydrogen) atoms. The van der Waals surface area contributed by atoms with Crippen molar-refractivity contribution >= 4 is 45.8 Å². The molecule has 7 heteroatoms. The summed E-state index contributed by atoms with van der Waals surface area (Å²) in [5.74, 6) is -1.08. The van der Waals surface area contributed by atoms with Gasteiger partial charge < -0.3 is 5.32 Å². The Kier molecular flexibility index (Phi) is 5.90. The Morgan fingerprint density at radius 1 is 0.933 bits per heavy atom. The zero-order valence-corrected chi connectivity index (χ0v) is 16.7. The summed E-state index contributed by atoms with van der Waals surface area (Å²) in [5.41, 5.74) is 1.93. The minimum Gasteiger partial charge on any atom is -0.335 e. The van der Waals surface area contributed by atoms with E-state index in [0.717, 1.165) is 16.3 Å². The van der Waals surface area contributed by atoms with Crippen molar-refractivity contribution in [2.75, 3.05) is 10.2 Å². The van der Waals surface area contributed by atoms with E-state index in [2.05, 4.69) is 10.3 Å². The molecular weight excluding hydrogens is 401 g/mol. The Morgan fingerprint density at radius 3 is 2.23 bits per heavy atom. The maximum absolute atomic E-state index is 13.2. The van der Waals surface area contributed by atoms with Crippen LogP contribution in [0.15, 0.2) is 89.9 Å². The summed E-state index contributed by atoms with van der Waals surface area (Å²) in [6, 6.07) is 24.2. The van der Waals surface area contributed by atoms with E-state index in [1.807, 2.05) is 60.7 Å². The van der Waals surface area contributed by atoms with E-state index < -0.39 is 11.1 Å². The topological polar surface area (TPSA) is 61.8 Å². The lowest BCUT2D eigenvalue weighted by Crippen LogP contribution is -2.31. The molecule has 0 saturated carbocycles. The summed E-state index contributed by atoms with van der Waals surface area (Å²) < 4.78 is 13.2. The number of halogens is 1. The van der Waals surface area contributed by atoms with Crippen molar-refractivity contribution in [1.82, 2.24) is 0 Å². The number of amidine groups is 1. The van der Waals surface area contributed by atoms with Gasteiger partial charge in [0.15, 0.2) is 5.17 Å². The standard InChI is InChI=1S/C23H18FN3O2S/c24-16-11-13-19(14-12-16)27-21(28)15-20(22(27)29)30-23(25-17-7-3-1-4-8-17)26-18-9-5-2-6-10-18/h1-14,20H,15H2,(H,25,26). The molecule has 0 spiro atoms. The number of amides is 2. The van der Waals surface area contributed by atoms with E-state index in [0.29, 0.717) is 10.9 Å². The SMILES string of the molecule is O=C1CC(SC(=Nc2ccccc2)Nc2ccccc2)C(=O)N1c1ccc(F)cc1. The maximum Gasteiger partial charge on any atom is 0.247 e. The molecule has 1 aliphatic heterocycles. The van der Waals surface area contributed by atoms with Crippen LogP contribution >= 0.6 is 11.8 Å². The number of hydrogen-bond donors (Lipinski definition) is 1. The van der Waals surface area contributed by atoms with Crippen LogP contribution in [0.3, 0.4) is 0 Å². The first-order valence-electron chi connectivity index (χ1n) is 9.35. The van der Waals surface area contributed by atoms with Crippen LogP contribution in [0.5, 0.6) is 0 Å². The fraction of sp³-hybridized carbons (Fsp3) is 0.0870. The second-order valence-corrected chi connectivity index (χ2v) is 7.79. The third-order valence-electron chi connectivity index (χ3n) is 4.46. The molecule has 4 rings (SSSR count). The second-order valence-electron chi connectivity index (χ2n) is 6.60. The van der Waals surface area contributed by atoms with E-state index in [-0.39, 0.29) is 18.2 Å². The van der Waals surface area contributed by atoms with Gasteiger partial charge in [0.1, 0.15) is 11.1 Å². The Balaban J connectivity index is 1.58. The van der Waals surface area contributed by atoms with Crippen molar-refractivity contribution in [3.8, 4) is 0 Å². The molecule has 0 bridgehead atoms. The van der Waals surface area contributed by atoms with Crippen LogP contribution in [-0.4, -0.2) is 22.2 Å². The summed E-state index contributed by atoms with van der Waals surface area (Å²) in [6.45, 7) is 0. The highest BCUT2D eigenvalue weighted by Crippen LogP contribution is 2.31. The summed E-state index contributed by atoms with van der Waals surface area (Å²) in [6.07, 6.45) is 0.0468. The second kappa shape index (κ2) is 8.92. The highest BCUT2D eigenvalue weighted by Gasteiger charge is 2.40. The van der Waals surface area contributed by atoms with Crippen molar-refractivity contribution in [3.63, 3.8) is 0 Å². The molecule has 1 aliphatic rings. The summed E-state index contributed by atoms with van der Waals surface area (Å²) in [5, 5.41) is 3.12. The van der Waals surface area contributed by atoms with Gasteiger partial charge in [0, 0.05) is 12.1 Å². The monoisotopic (exact) mass is 419 g/mol. The van der Waals surface area contributed by atoms with Gasteiger partial charge in [-0.25, -0.2) is 14.3 Å². The fourth-order valence-electron chi connectivity index (χ4n) is 3.04. The van der Waals surface area contributed by atoms with Crippen LogP contribution in [-0.2, 0) is 9.59 Å². The van der Waals surface area contributed by atoms with Crippen LogP contribution in [0.1, 0.15) is 6.42 Å². The zero-order chi connectivity index (χ0) is 20.9. The highest BCUT2D eigenvalue weighted by atomic mass is 32.2. The van der Waals surface area contributed by atoms with Gasteiger partial charge in [0.05, 0.1) is 11.4 Å². The highest BCUT2D eigenvalue weighted by molar-refractivity contribution is 8.15. The van der Waals surface area contributed by atoms with Gasteiger partial charge in [-0.2, -0.15) is 0 Å². The quantitative estimate of drug-likeness (QED) is 0.368. The van der Waals surface area contributed by atoms with Crippen molar-refractivity contribution in [3.05, 3.63) is 90.7 Å². The first-order chi connectivity index (χ1) is 14.6. The number of carbonyl (C=O) groups is 2. The van der Waals surface area contributed by atoms with Crippen molar-refractivity contribution in [2.24, 2.45) is 4.99 Å². The molecule has 150 valence electrons. The molecule has 1 saturated heterocycles. The lowest BCUT2D eigenvalue weighted by molar-refractivity contribution is -0.121. The predicted molar refractivity (Wildman–Crippen MR) is 118 cm³/mol. The number of anilines is 2. The van der Waals surface area contributed by atoms with E-state index in [9.17, 15) is 14.0 Å². The Morgan fingerprint density at radius 2 is 1.57 bits per heavy atom. The summed E-state index contributed by atoms with van der Waals surface area (Å²) in [4.78, 5) is 31.2. The molecular formula is C23H18FN3O2S. The van der Waals surface area contributed by atoms with Gasteiger partial charge in [0.25, 0.3) is 0 Å². The maximum atomic E-state index is 13.2. The Hall–Kier alpha value is -3.45. The molecule has 0 radical (unpaired) electrons. The molecule has 5 nitrogen and oxygen atoms in total. The lowest BCUT2D eigenvalue weighted by Gasteiger charge is -2.16. The van der Waals surface area contributed by atoms with Crippen molar-refractivity contribution in [1.29, 1.82) is 0 Å².